The predicted octanol–water partition coefficient (Wildman–Crippen LogP) is 3.33. The molecule has 130 valence electrons. The number of rotatable bonds is 6. The standard InChI is InChI=1S/C18H18FN3O3/c1-11-14(12(2)24-21-11)7-8-18(23)20-10-13-9-17(25-22-13)15-5-3-4-6-16(15)19/h3-6,9H,7-8,10H2,1-2H3,(H,20,23). The number of halogens is 1. The van der Waals surface area contributed by atoms with Crippen LogP contribution in [0.1, 0.15) is 29.1 Å². The molecule has 0 saturated carbocycles. The zero-order valence-electron chi connectivity index (χ0n) is 14.0. The van der Waals surface area contributed by atoms with E-state index in [-0.39, 0.29) is 18.3 Å². The fourth-order valence-electron chi connectivity index (χ4n) is 2.56. The van der Waals surface area contributed by atoms with Crippen LogP contribution in [-0.2, 0) is 17.8 Å². The fraction of sp³-hybridized carbons (Fsp3) is 0.278. The number of aromatic nitrogens is 2. The lowest BCUT2D eigenvalue weighted by Crippen LogP contribution is -2.23. The second-order valence-electron chi connectivity index (χ2n) is 5.74. The van der Waals surface area contributed by atoms with E-state index in [0.717, 1.165) is 17.0 Å². The number of amides is 1. The Labute approximate surface area is 144 Å². The normalized spacial score (nSPS) is 10.8. The lowest BCUT2D eigenvalue weighted by molar-refractivity contribution is -0.121. The summed E-state index contributed by atoms with van der Waals surface area (Å²) in [6.07, 6.45) is 0.882. The summed E-state index contributed by atoms with van der Waals surface area (Å²) in [7, 11) is 0. The molecule has 1 N–H and O–H groups in total. The molecule has 0 aliphatic heterocycles. The van der Waals surface area contributed by atoms with Crippen molar-refractivity contribution in [3.63, 3.8) is 0 Å². The number of hydrogen-bond acceptors (Lipinski definition) is 5. The van der Waals surface area contributed by atoms with Crippen LogP contribution in [0.4, 0.5) is 4.39 Å². The maximum Gasteiger partial charge on any atom is 0.220 e. The van der Waals surface area contributed by atoms with Gasteiger partial charge in [0.05, 0.1) is 17.8 Å². The average molecular weight is 343 g/mol. The summed E-state index contributed by atoms with van der Waals surface area (Å²) in [6, 6.07) is 7.91. The maximum absolute atomic E-state index is 13.7. The first-order valence-corrected chi connectivity index (χ1v) is 7.93. The van der Waals surface area contributed by atoms with Crippen LogP contribution in [-0.4, -0.2) is 16.2 Å². The van der Waals surface area contributed by atoms with Crippen molar-refractivity contribution in [1.82, 2.24) is 15.6 Å². The van der Waals surface area contributed by atoms with Gasteiger partial charge in [-0.3, -0.25) is 4.79 Å². The van der Waals surface area contributed by atoms with Crippen molar-refractivity contribution in [2.24, 2.45) is 0 Å². The molecule has 1 aromatic carbocycles. The fourth-order valence-corrected chi connectivity index (χ4v) is 2.56. The van der Waals surface area contributed by atoms with Crippen molar-refractivity contribution in [2.75, 3.05) is 0 Å². The molecule has 0 aliphatic carbocycles. The van der Waals surface area contributed by atoms with E-state index in [1.807, 2.05) is 13.8 Å². The van der Waals surface area contributed by atoms with Crippen LogP contribution in [0, 0.1) is 19.7 Å². The largest absolute Gasteiger partial charge is 0.361 e. The molecule has 0 radical (unpaired) electrons. The Bertz CT molecular complexity index is 866. The van der Waals surface area contributed by atoms with Crippen molar-refractivity contribution in [3.05, 3.63) is 58.9 Å². The van der Waals surface area contributed by atoms with Crippen molar-refractivity contribution in [1.29, 1.82) is 0 Å². The molecule has 0 saturated heterocycles. The van der Waals surface area contributed by atoms with Gasteiger partial charge in [-0.1, -0.05) is 22.4 Å². The van der Waals surface area contributed by atoms with Gasteiger partial charge in [0.1, 0.15) is 17.3 Å². The second-order valence-corrected chi connectivity index (χ2v) is 5.74. The van der Waals surface area contributed by atoms with Gasteiger partial charge in [0.25, 0.3) is 0 Å². The molecule has 2 heterocycles. The summed E-state index contributed by atoms with van der Waals surface area (Å²) in [5.41, 5.74) is 2.63. The van der Waals surface area contributed by atoms with Gasteiger partial charge in [0.15, 0.2) is 5.76 Å². The van der Waals surface area contributed by atoms with Crippen molar-refractivity contribution in [2.45, 2.75) is 33.2 Å². The molecule has 0 bridgehead atoms. The number of nitrogens with zero attached hydrogens (tertiary/aromatic N) is 2. The number of carbonyl (C=O) groups is 1. The molecule has 2 aromatic heterocycles. The lowest BCUT2D eigenvalue weighted by atomic mass is 10.1. The highest BCUT2D eigenvalue weighted by Gasteiger charge is 2.13. The third-order valence-corrected chi connectivity index (χ3v) is 3.95. The maximum atomic E-state index is 13.7. The summed E-state index contributed by atoms with van der Waals surface area (Å²) < 4.78 is 24.0. The third kappa shape index (κ3) is 3.93. The van der Waals surface area contributed by atoms with Crippen LogP contribution in [0.5, 0.6) is 0 Å². The van der Waals surface area contributed by atoms with Gasteiger partial charge < -0.3 is 14.4 Å². The smallest absolute Gasteiger partial charge is 0.220 e. The van der Waals surface area contributed by atoms with Gasteiger partial charge in [-0.05, 0) is 32.4 Å². The Kier molecular flexibility index (Phi) is 4.92. The molecule has 6 nitrogen and oxygen atoms in total. The first-order chi connectivity index (χ1) is 12.0. The van der Waals surface area contributed by atoms with Gasteiger partial charge in [-0.25, -0.2) is 4.39 Å². The number of benzene rings is 1. The molecule has 0 fully saturated rings. The zero-order valence-corrected chi connectivity index (χ0v) is 14.0. The first kappa shape index (κ1) is 16.9. The van der Waals surface area contributed by atoms with E-state index >= 15 is 0 Å². The summed E-state index contributed by atoms with van der Waals surface area (Å²) in [6.45, 7) is 3.90. The van der Waals surface area contributed by atoms with Gasteiger partial charge in [-0.15, -0.1) is 0 Å². The highest BCUT2D eigenvalue weighted by Crippen LogP contribution is 2.23. The molecule has 0 atom stereocenters. The highest BCUT2D eigenvalue weighted by molar-refractivity contribution is 5.76. The summed E-state index contributed by atoms with van der Waals surface area (Å²) in [5, 5.41) is 10.5. The Morgan fingerprint density at radius 1 is 1.20 bits per heavy atom. The van der Waals surface area contributed by atoms with E-state index in [9.17, 15) is 9.18 Å². The van der Waals surface area contributed by atoms with Crippen LogP contribution in [0.2, 0.25) is 0 Å². The Morgan fingerprint density at radius 2 is 2.00 bits per heavy atom. The number of nitrogens with one attached hydrogen (secondary N) is 1. The molecule has 0 spiro atoms. The average Bonchev–Trinajstić information content (AvgIpc) is 3.19. The van der Waals surface area contributed by atoms with Crippen molar-refractivity contribution < 1.29 is 18.2 Å². The Morgan fingerprint density at radius 3 is 2.72 bits per heavy atom. The molecule has 7 heteroatoms. The van der Waals surface area contributed by atoms with Crippen LogP contribution in [0.25, 0.3) is 11.3 Å². The van der Waals surface area contributed by atoms with Crippen molar-refractivity contribution >= 4 is 5.91 Å². The van der Waals surface area contributed by atoms with E-state index in [1.165, 1.54) is 6.07 Å². The summed E-state index contributed by atoms with van der Waals surface area (Å²) >= 11 is 0. The monoisotopic (exact) mass is 343 g/mol. The minimum Gasteiger partial charge on any atom is -0.361 e. The van der Waals surface area contributed by atoms with Crippen LogP contribution < -0.4 is 5.32 Å². The molecular formula is C18H18FN3O3. The van der Waals surface area contributed by atoms with Gasteiger partial charge in [0.2, 0.25) is 5.91 Å². The molecule has 1 amide bonds. The van der Waals surface area contributed by atoms with Gasteiger partial charge >= 0.3 is 0 Å². The third-order valence-electron chi connectivity index (χ3n) is 3.95. The molecular weight excluding hydrogens is 325 g/mol. The minimum atomic E-state index is -0.381. The number of carbonyl (C=O) groups excluding carboxylic acids is 1. The summed E-state index contributed by atoms with van der Waals surface area (Å²) in [4.78, 5) is 12.0. The zero-order chi connectivity index (χ0) is 17.8. The molecule has 3 rings (SSSR count). The topological polar surface area (TPSA) is 81.2 Å². The van der Waals surface area contributed by atoms with E-state index in [2.05, 4.69) is 15.6 Å². The predicted molar refractivity (Wildman–Crippen MR) is 88.0 cm³/mol. The first-order valence-electron chi connectivity index (χ1n) is 7.93. The van der Waals surface area contributed by atoms with Crippen LogP contribution in [0.15, 0.2) is 39.4 Å². The lowest BCUT2D eigenvalue weighted by Gasteiger charge is -2.02. The van der Waals surface area contributed by atoms with E-state index in [0.29, 0.717) is 29.9 Å². The van der Waals surface area contributed by atoms with Gasteiger partial charge in [0, 0.05) is 18.1 Å². The molecule has 3 aromatic rings. The Balaban J connectivity index is 1.54. The molecule has 25 heavy (non-hydrogen) atoms. The number of hydrogen-bond donors (Lipinski definition) is 1. The van der Waals surface area contributed by atoms with Crippen molar-refractivity contribution in [3.8, 4) is 11.3 Å². The van der Waals surface area contributed by atoms with Crippen LogP contribution >= 0.6 is 0 Å². The van der Waals surface area contributed by atoms with Gasteiger partial charge in [-0.2, -0.15) is 0 Å². The van der Waals surface area contributed by atoms with E-state index in [1.54, 1.807) is 24.3 Å². The SMILES string of the molecule is Cc1noc(C)c1CCC(=O)NCc1cc(-c2ccccc2F)on1. The highest BCUT2D eigenvalue weighted by atomic mass is 19.1. The minimum absolute atomic E-state index is 0.115. The summed E-state index contributed by atoms with van der Waals surface area (Å²) in [5.74, 6) is 0.568. The second kappa shape index (κ2) is 7.29. The van der Waals surface area contributed by atoms with Crippen LogP contribution in [0.3, 0.4) is 0 Å². The quantitative estimate of drug-likeness (QED) is 0.742. The number of aryl methyl sites for hydroxylation is 2. The van der Waals surface area contributed by atoms with E-state index in [4.69, 9.17) is 9.05 Å². The van der Waals surface area contributed by atoms with E-state index < -0.39 is 0 Å². The Hall–Kier alpha value is -2.96. The molecule has 0 unspecified atom stereocenters. The molecule has 0 aliphatic rings.